The number of anilines is 1. The molecular formula is C10H14BrNO2. The predicted octanol–water partition coefficient (Wildman–Crippen LogP) is 1.52. The molecule has 1 rings (SSSR count). The molecule has 14 heavy (non-hydrogen) atoms. The molecule has 0 bridgehead atoms. The Hall–Kier alpha value is -0.580. The van der Waals surface area contributed by atoms with E-state index in [0.717, 1.165) is 15.7 Å². The Labute approximate surface area is 91.9 Å². The summed E-state index contributed by atoms with van der Waals surface area (Å²) < 4.78 is 1.03. The molecule has 0 saturated heterocycles. The largest absolute Gasteiger partial charge is 0.394 e. The van der Waals surface area contributed by atoms with E-state index in [1.54, 1.807) is 0 Å². The number of aliphatic hydroxyl groups is 2. The van der Waals surface area contributed by atoms with Crippen molar-refractivity contribution in [1.29, 1.82) is 0 Å². The Bertz CT molecular complexity index is 304. The SMILES string of the molecule is Cc1c(Br)cccc1NC[C@H](O)CO. The van der Waals surface area contributed by atoms with Gasteiger partial charge in [-0.2, -0.15) is 0 Å². The smallest absolute Gasteiger partial charge is 0.0942 e. The van der Waals surface area contributed by atoms with Crippen LogP contribution in [0.25, 0.3) is 0 Å². The van der Waals surface area contributed by atoms with E-state index in [4.69, 9.17) is 10.2 Å². The van der Waals surface area contributed by atoms with Gasteiger partial charge in [0.2, 0.25) is 0 Å². The fourth-order valence-electron chi connectivity index (χ4n) is 1.09. The first kappa shape index (κ1) is 11.5. The summed E-state index contributed by atoms with van der Waals surface area (Å²) in [4.78, 5) is 0. The zero-order valence-electron chi connectivity index (χ0n) is 8.00. The van der Waals surface area contributed by atoms with Gasteiger partial charge in [0.05, 0.1) is 12.7 Å². The lowest BCUT2D eigenvalue weighted by molar-refractivity contribution is 0.105. The van der Waals surface area contributed by atoms with Crippen molar-refractivity contribution in [2.75, 3.05) is 18.5 Å². The molecule has 1 atom stereocenters. The topological polar surface area (TPSA) is 52.5 Å². The standard InChI is InChI=1S/C10H14BrNO2/c1-7-9(11)3-2-4-10(7)12-5-8(14)6-13/h2-4,8,12-14H,5-6H2,1H3/t8-/m0/s1. The van der Waals surface area contributed by atoms with Gasteiger partial charge in [-0.3, -0.25) is 0 Å². The summed E-state index contributed by atoms with van der Waals surface area (Å²) in [5.41, 5.74) is 2.06. The van der Waals surface area contributed by atoms with Gasteiger partial charge in [0, 0.05) is 16.7 Å². The third-order valence-electron chi connectivity index (χ3n) is 2.01. The van der Waals surface area contributed by atoms with Crippen molar-refractivity contribution in [3.05, 3.63) is 28.2 Å². The Kier molecular flexibility index (Phi) is 4.38. The van der Waals surface area contributed by atoms with Crippen LogP contribution in [0.15, 0.2) is 22.7 Å². The lowest BCUT2D eigenvalue weighted by atomic mass is 10.2. The molecule has 0 unspecified atom stereocenters. The summed E-state index contributed by atoms with van der Waals surface area (Å²) in [6.45, 7) is 2.12. The van der Waals surface area contributed by atoms with Crippen LogP contribution in [0, 0.1) is 6.92 Å². The second kappa shape index (κ2) is 5.34. The zero-order chi connectivity index (χ0) is 10.6. The number of rotatable bonds is 4. The van der Waals surface area contributed by atoms with Gasteiger partial charge in [-0.25, -0.2) is 0 Å². The van der Waals surface area contributed by atoms with Crippen molar-refractivity contribution in [1.82, 2.24) is 0 Å². The summed E-state index contributed by atoms with van der Waals surface area (Å²) in [6, 6.07) is 5.82. The second-order valence-electron chi connectivity index (χ2n) is 3.13. The lowest BCUT2D eigenvalue weighted by Gasteiger charge is -2.13. The highest BCUT2D eigenvalue weighted by molar-refractivity contribution is 9.10. The highest BCUT2D eigenvalue weighted by atomic mass is 79.9. The first-order valence-electron chi connectivity index (χ1n) is 4.43. The monoisotopic (exact) mass is 259 g/mol. The minimum absolute atomic E-state index is 0.222. The molecule has 1 aromatic carbocycles. The van der Waals surface area contributed by atoms with Crippen LogP contribution in [0.1, 0.15) is 5.56 Å². The normalized spacial score (nSPS) is 12.6. The van der Waals surface area contributed by atoms with Crippen molar-refractivity contribution < 1.29 is 10.2 Å². The first-order chi connectivity index (χ1) is 6.65. The van der Waals surface area contributed by atoms with Crippen molar-refractivity contribution in [2.24, 2.45) is 0 Å². The Morgan fingerprint density at radius 1 is 1.50 bits per heavy atom. The fourth-order valence-corrected chi connectivity index (χ4v) is 1.46. The van der Waals surface area contributed by atoms with Gasteiger partial charge in [-0.1, -0.05) is 22.0 Å². The third-order valence-corrected chi connectivity index (χ3v) is 2.87. The van der Waals surface area contributed by atoms with Crippen LogP contribution in [0.5, 0.6) is 0 Å². The molecule has 3 N–H and O–H groups in total. The Morgan fingerprint density at radius 2 is 2.21 bits per heavy atom. The van der Waals surface area contributed by atoms with Crippen LogP contribution in [0.3, 0.4) is 0 Å². The molecule has 0 fully saturated rings. The van der Waals surface area contributed by atoms with E-state index in [2.05, 4.69) is 21.2 Å². The maximum absolute atomic E-state index is 9.16. The zero-order valence-corrected chi connectivity index (χ0v) is 9.58. The van der Waals surface area contributed by atoms with Gasteiger partial charge in [0.15, 0.2) is 0 Å². The maximum Gasteiger partial charge on any atom is 0.0942 e. The number of benzene rings is 1. The van der Waals surface area contributed by atoms with E-state index in [9.17, 15) is 0 Å². The van der Waals surface area contributed by atoms with Gasteiger partial charge in [-0.05, 0) is 24.6 Å². The highest BCUT2D eigenvalue weighted by Gasteiger charge is 2.04. The number of hydrogen-bond acceptors (Lipinski definition) is 3. The van der Waals surface area contributed by atoms with E-state index < -0.39 is 6.10 Å². The van der Waals surface area contributed by atoms with E-state index >= 15 is 0 Å². The predicted molar refractivity (Wildman–Crippen MR) is 60.5 cm³/mol. The van der Waals surface area contributed by atoms with Gasteiger partial charge in [-0.15, -0.1) is 0 Å². The molecule has 0 saturated carbocycles. The molecule has 3 nitrogen and oxygen atoms in total. The molecule has 4 heteroatoms. The van der Waals surface area contributed by atoms with Crippen LogP contribution in [0.2, 0.25) is 0 Å². The summed E-state index contributed by atoms with van der Waals surface area (Å²) in [5.74, 6) is 0. The van der Waals surface area contributed by atoms with Crippen LogP contribution in [-0.4, -0.2) is 29.5 Å². The van der Waals surface area contributed by atoms with Gasteiger partial charge >= 0.3 is 0 Å². The minimum Gasteiger partial charge on any atom is -0.394 e. The van der Waals surface area contributed by atoms with E-state index in [1.807, 2.05) is 25.1 Å². The summed E-state index contributed by atoms with van der Waals surface area (Å²) in [5, 5.41) is 20.9. The minimum atomic E-state index is -0.714. The fraction of sp³-hybridized carbons (Fsp3) is 0.400. The maximum atomic E-state index is 9.16. The van der Waals surface area contributed by atoms with Crippen LogP contribution in [-0.2, 0) is 0 Å². The molecule has 0 aliphatic heterocycles. The summed E-state index contributed by atoms with van der Waals surface area (Å²) in [6.07, 6.45) is -0.714. The average Bonchev–Trinajstić information content (AvgIpc) is 2.20. The average molecular weight is 260 g/mol. The third kappa shape index (κ3) is 2.97. The van der Waals surface area contributed by atoms with E-state index in [0.29, 0.717) is 6.54 Å². The molecule has 0 aliphatic rings. The Morgan fingerprint density at radius 3 is 2.86 bits per heavy atom. The molecule has 0 aliphatic carbocycles. The number of nitrogens with one attached hydrogen (secondary N) is 1. The number of hydrogen-bond donors (Lipinski definition) is 3. The first-order valence-corrected chi connectivity index (χ1v) is 5.22. The molecule has 78 valence electrons. The van der Waals surface area contributed by atoms with Crippen molar-refractivity contribution in [2.45, 2.75) is 13.0 Å². The Balaban J connectivity index is 2.63. The molecule has 0 spiro atoms. The van der Waals surface area contributed by atoms with E-state index in [1.165, 1.54) is 0 Å². The van der Waals surface area contributed by atoms with Gasteiger partial charge < -0.3 is 15.5 Å². The van der Waals surface area contributed by atoms with Crippen LogP contribution < -0.4 is 5.32 Å². The summed E-state index contributed by atoms with van der Waals surface area (Å²) >= 11 is 3.42. The van der Waals surface area contributed by atoms with Crippen molar-refractivity contribution in [3.63, 3.8) is 0 Å². The summed E-state index contributed by atoms with van der Waals surface area (Å²) in [7, 11) is 0. The van der Waals surface area contributed by atoms with Gasteiger partial charge in [0.1, 0.15) is 0 Å². The van der Waals surface area contributed by atoms with E-state index in [-0.39, 0.29) is 6.61 Å². The molecule has 0 radical (unpaired) electrons. The van der Waals surface area contributed by atoms with Crippen molar-refractivity contribution in [3.8, 4) is 0 Å². The lowest BCUT2D eigenvalue weighted by Crippen LogP contribution is -2.23. The molecule has 0 heterocycles. The van der Waals surface area contributed by atoms with Crippen LogP contribution in [0.4, 0.5) is 5.69 Å². The highest BCUT2D eigenvalue weighted by Crippen LogP contribution is 2.23. The van der Waals surface area contributed by atoms with Crippen molar-refractivity contribution >= 4 is 21.6 Å². The van der Waals surface area contributed by atoms with Crippen LogP contribution >= 0.6 is 15.9 Å². The quantitative estimate of drug-likeness (QED) is 0.769. The molecule has 1 aromatic rings. The molecular weight excluding hydrogens is 246 g/mol. The molecule has 0 amide bonds. The van der Waals surface area contributed by atoms with Gasteiger partial charge in [0.25, 0.3) is 0 Å². The number of halogens is 1. The second-order valence-corrected chi connectivity index (χ2v) is 3.98. The number of aliphatic hydroxyl groups excluding tert-OH is 2. The molecule has 0 aromatic heterocycles.